The van der Waals surface area contributed by atoms with Gasteiger partial charge in [-0.3, -0.25) is 0 Å². The van der Waals surface area contributed by atoms with Gasteiger partial charge in [0.25, 0.3) is 0 Å². The largest absolute Gasteiger partial charge is 0.491 e. The average molecular weight is 252 g/mol. The van der Waals surface area contributed by atoms with Crippen LogP contribution in [0.1, 0.15) is 30.1 Å². The highest BCUT2D eigenvalue weighted by molar-refractivity contribution is 5.38. The summed E-state index contributed by atoms with van der Waals surface area (Å²) in [6.45, 7) is 0.455. The molecule has 0 aromatic heterocycles. The van der Waals surface area contributed by atoms with Crippen LogP contribution in [0, 0.1) is 0 Å². The van der Waals surface area contributed by atoms with Gasteiger partial charge in [-0.1, -0.05) is 6.07 Å². The fourth-order valence-corrected chi connectivity index (χ4v) is 2.27. The van der Waals surface area contributed by atoms with Crippen molar-refractivity contribution in [2.45, 2.75) is 31.5 Å². The van der Waals surface area contributed by atoms with Crippen molar-refractivity contribution < 1.29 is 19.7 Å². The molecule has 4 nitrogen and oxygen atoms in total. The summed E-state index contributed by atoms with van der Waals surface area (Å²) in [5, 5.41) is 19.4. The number of aryl methyl sites for hydroxylation is 1. The van der Waals surface area contributed by atoms with Gasteiger partial charge in [0.1, 0.15) is 18.5 Å². The lowest BCUT2D eigenvalue weighted by molar-refractivity contribution is 0.0324. The van der Waals surface area contributed by atoms with Crippen molar-refractivity contribution in [3.8, 4) is 5.75 Å². The van der Waals surface area contributed by atoms with Crippen LogP contribution in [0.2, 0.25) is 0 Å². The van der Waals surface area contributed by atoms with E-state index in [9.17, 15) is 10.2 Å². The molecule has 1 aromatic rings. The van der Waals surface area contributed by atoms with E-state index in [1.54, 1.807) is 7.11 Å². The van der Waals surface area contributed by atoms with Crippen molar-refractivity contribution in [1.29, 1.82) is 0 Å². The molecule has 1 aliphatic rings. The number of methoxy groups -OCH3 is 1. The zero-order valence-electron chi connectivity index (χ0n) is 10.6. The molecule has 0 radical (unpaired) electrons. The molecule has 0 heterocycles. The van der Waals surface area contributed by atoms with Crippen LogP contribution >= 0.6 is 0 Å². The third kappa shape index (κ3) is 3.22. The van der Waals surface area contributed by atoms with E-state index in [4.69, 9.17) is 9.47 Å². The summed E-state index contributed by atoms with van der Waals surface area (Å²) in [5.41, 5.74) is 2.15. The minimum atomic E-state index is -0.629. The predicted octanol–water partition coefficient (Wildman–Crippen LogP) is 1.44. The van der Waals surface area contributed by atoms with Crippen molar-refractivity contribution in [3.05, 3.63) is 29.3 Å². The van der Waals surface area contributed by atoms with Crippen molar-refractivity contribution in [3.63, 3.8) is 0 Å². The number of hydrogen-bond acceptors (Lipinski definition) is 4. The molecule has 2 rings (SSSR count). The molecular weight excluding hydrogens is 232 g/mol. The van der Waals surface area contributed by atoms with Crippen LogP contribution in [-0.2, 0) is 11.2 Å². The summed E-state index contributed by atoms with van der Waals surface area (Å²) < 4.78 is 10.3. The van der Waals surface area contributed by atoms with E-state index >= 15 is 0 Å². The number of aliphatic hydroxyl groups excluding tert-OH is 2. The molecule has 0 saturated heterocycles. The molecule has 4 heteroatoms. The molecule has 0 aliphatic heterocycles. The molecule has 0 amide bonds. The van der Waals surface area contributed by atoms with Gasteiger partial charge in [-0.2, -0.15) is 0 Å². The number of benzene rings is 1. The van der Waals surface area contributed by atoms with E-state index in [0.717, 1.165) is 24.8 Å². The molecule has 0 spiro atoms. The van der Waals surface area contributed by atoms with Crippen LogP contribution in [0.4, 0.5) is 0 Å². The van der Waals surface area contributed by atoms with Crippen LogP contribution in [0.25, 0.3) is 0 Å². The van der Waals surface area contributed by atoms with E-state index < -0.39 is 6.10 Å². The Labute approximate surface area is 107 Å². The van der Waals surface area contributed by atoms with E-state index in [2.05, 4.69) is 0 Å². The SMILES string of the molecule is COCC(O)COc1ccc2c(c1)C(O)CCC2. The first kappa shape index (κ1) is 13.3. The summed E-state index contributed by atoms with van der Waals surface area (Å²) in [7, 11) is 1.54. The van der Waals surface area contributed by atoms with Gasteiger partial charge in [0.15, 0.2) is 0 Å². The summed E-state index contributed by atoms with van der Waals surface area (Å²) in [6, 6.07) is 5.75. The predicted molar refractivity (Wildman–Crippen MR) is 67.7 cm³/mol. The minimum absolute atomic E-state index is 0.197. The summed E-state index contributed by atoms with van der Waals surface area (Å²) in [4.78, 5) is 0. The van der Waals surface area contributed by atoms with Gasteiger partial charge in [0, 0.05) is 7.11 Å². The fraction of sp³-hybridized carbons (Fsp3) is 0.571. The second-order valence-corrected chi connectivity index (χ2v) is 4.69. The first-order valence-electron chi connectivity index (χ1n) is 6.31. The Morgan fingerprint density at radius 3 is 3.00 bits per heavy atom. The zero-order chi connectivity index (χ0) is 13.0. The molecule has 2 unspecified atom stereocenters. The van der Waals surface area contributed by atoms with Crippen LogP contribution in [0.15, 0.2) is 18.2 Å². The zero-order valence-corrected chi connectivity index (χ0v) is 10.6. The Bertz CT molecular complexity index is 391. The minimum Gasteiger partial charge on any atom is -0.491 e. The normalized spacial score (nSPS) is 20.3. The second kappa shape index (κ2) is 6.18. The van der Waals surface area contributed by atoms with Gasteiger partial charge >= 0.3 is 0 Å². The first-order valence-corrected chi connectivity index (χ1v) is 6.31. The Balaban J connectivity index is 2.00. The second-order valence-electron chi connectivity index (χ2n) is 4.69. The Kier molecular flexibility index (Phi) is 4.58. The molecule has 18 heavy (non-hydrogen) atoms. The molecule has 2 atom stereocenters. The fourth-order valence-electron chi connectivity index (χ4n) is 2.27. The maximum Gasteiger partial charge on any atom is 0.119 e. The number of hydrogen-bond donors (Lipinski definition) is 2. The number of rotatable bonds is 5. The third-order valence-corrected chi connectivity index (χ3v) is 3.20. The Morgan fingerprint density at radius 2 is 2.22 bits per heavy atom. The molecule has 2 N–H and O–H groups in total. The highest BCUT2D eigenvalue weighted by atomic mass is 16.5. The number of aliphatic hydroxyl groups is 2. The highest BCUT2D eigenvalue weighted by Gasteiger charge is 2.18. The number of fused-ring (bicyclic) bond motifs is 1. The standard InChI is InChI=1S/C14H20O4/c1-17-8-11(15)9-18-12-6-5-10-3-2-4-14(16)13(10)7-12/h5-7,11,14-16H,2-4,8-9H2,1H3. The van der Waals surface area contributed by atoms with E-state index in [0.29, 0.717) is 5.75 Å². The maximum absolute atomic E-state index is 9.92. The lowest BCUT2D eigenvalue weighted by Gasteiger charge is -2.22. The van der Waals surface area contributed by atoms with Crippen LogP contribution in [-0.4, -0.2) is 36.6 Å². The number of ether oxygens (including phenoxy) is 2. The first-order chi connectivity index (χ1) is 8.70. The molecule has 0 fully saturated rings. The summed E-state index contributed by atoms with van der Waals surface area (Å²) in [6.07, 6.45) is 1.83. The smallest absolute Gasteiger partial charge is 0.119 e. The van der Waals surface area contributed by atoms with Crippen molar-refractivity contribution in [2.24, 2.45) is 0 Å². The lowest BCUT2D eigenvalue weighted by atomic mass is 9.89. The van der Waals surface area contributed by atoms with Crippen molar-refractivity contribution in [1.82, 2.24) is 0 Å². The summed E-state index contributed by atoms with van der Waals surface area (Å²) >= 11 is 0. The summed E-state index contributed by atoms with van der Waals surface area (Å²) in [5.74, 6) is 0.685. The van der Waals surface area contributed by atoms with E-state index in [1.807, 2.05) is 18.2 Å². The van der Waals surface area contributed by atoms with Gasteiger partial charge in [-0.05, 0) is 42.5 Å². The highest BCUT2D eigenvalue weighted by Crippen LogP contribution is 2.32. The maximum atomic E-state index is 9.92. The Morgan fingerprint density at radius 1 is 1.39 bits per heavy atom. The molecular formula is C14H20O4. The quantitative estimate of drug-likeness (QED) is 0.832. The Hall–Kier alpha value is -1.10. The van der Waals surface area contributed by atoms with Crippen LogP contribution in [0.5, 0.6) is 5.75 Å². The van der Waals surface area contributed by atoms with E-state index in [1.165, 1.54) is 5.56 Å². The van der Waals surface area contributed by atoms with Gasteiger partial charge in [-0.25, -0.2) is 0 Å². The molecule has 1 aliphatic carbocycles. The lowest BCUT2D eigenvalue weighted by Crippen LogP contribution is -2.22. The van der Waals surface area contributed by atoms with Crippen LogP contribution < -0.4 is 4.74 Å². The molecule has 1 aromatic carbocycles. The topological polar surface area (TPSA) is 58.9 Å². The monoisotopic (exact) mass is 252 g/mol. The van der Waals surface area contributed by atoms with Crippen molar-refractivity contribution >= 4 is 0 Å². The van der Waals surface area contributed by atoms with Gasteiger partial charge in [-0.15, -0.1) is 0 Å². The van der Waals surface area contributed by atoms with Crippen LogP contribution in [0.3, 0.4) is 0 Å². The van der Waals surface area contributed by atoms with Crippen molar-refractivity contribution in [2.75, 3.05) is 20.3 Å². The molecule has 100 valence electrons. The third-order valence-electron chi connectivity index (χ3n) is 3.20. The molecule has 0 bridgehead atoms. The average Bonchev–Trinajstić information content (AvgIpc) is 2.37. The van der Waals surface area contributed by atoms with Gasteiger partial charge in [0.05, 0.1) is 12.7 Å². The molecule has 0 saturated carbocycles. The van der Waals surface area contributed by atoms with E-state index in [-0.39, 0.29) is 19.3 Å². The van der Waals surface area contributed by atoms with Gasteiger partial charge in [0.2, 0.25) is 0 Å². The van der Waals surface area contributed by atoms with Gasteiger partial charge < -0.3 is 19.7 Å².